The third kappa shape index (κ3) is 14.8. The molecule has 0 saturated carbocycles. The molecule has 1 N–H and O–H groups in total. The van der Waals surface area contributed by atoms with Gasteiger partial charge >= 0.3 is 11.9 Å². The zero-order valence-corrected chi connectivity index (χ0v) is 31.4. The third-order valence-corrected chi connectivity index (χ3v) is 7.37. The molecule has 0 aliphatic rings. The first-order chi connectivity index (χ1) is 19.2. The van der Waals surface area contributed by atoms with Gasteiger partial charge in [0, 0.05) is 19.8 Å². The molecule has 1 unspecified atom stereocenters. The zero-order valence-electron chi connectivity index (χ0n) is 27.2. The molecule has 2 aromatic carbocycles. The normalized spacial score (nSPS) is 12.3. The van der Waals surface area contributed by atoms with E-state index >= 15 is 0 Å². The number of benzene rings is 2. The number of halogens is 2. The van der Waals surface area contributed by atoms with Crippen molar-refractivity contribution < 1.29 is 24.2 Å². The Morgan fingerprint density at radius 1 is 0.833 bits per heavy atom. The van der Waals surface area contributed by atoms with Gasteiger partial charge in [-0.05, 0) is 61.1 Å². The molecular weight excluding hydrogens is 679 g/mol. The average Bonchev–Trinajstić information content (AvgIpc) is 2.89. The van der Waals surface area contributed by atoms with Gasteiger partial charge in [-0.3, -0.25) is 0 Å². The van der Waals surface area contributed by atoms with Crippen molar-refractivity contribution in [3.63, 3.8) is 0 Å². The maximum atomic E-state index is 12.0. The average molecular weight is 731 g/mol. The van der Waals surface area contributed by atoms with E-state index in [0.29, 0.717) is 23.7 Å². The Morgan fingerprint density at radius 3 is 1.55 bits per heavy atom. The van der Waals surface area contributed by atoms with Crippen molar-refractivity contribution >= 4 is 52.4 Å². The summed E-state index contributed by atoms with van der Waals surface area (Å²) in [6.45, 7) is 26.9. The highest BCUT2D eigenvalue weighted by atomic mass is 79.9. The fourth-order valence-corrected chi connectivity index (χ4v) is 4.82. The summed E-state index contributed by atoms with van der Waals surface area (Å²) in [7, 11) is 1.08. The number of aliphatic hydroxyl groups is 1. The highest BCUT2D eigenvalue weighted by Crippen LogP contribution is 2.34. The molecule has 42 heavy (non-hydrogen) atoms. The van der Waals surface area contributed by atoms with Gasteiger partial charge in [-0.2, -0.15) is 0 Å². The van der Waals surface area contributed by atoms with Crippen LogP contribution in [0.15, 0.2) is 69.6 Å². The van der Waals surface area contributed by atoms with Gasteiger partial charge in [0.15, 0.2) is 0 Å². The summed E-state index contributed by atoms with van der Waals surface area (Å²) >= 11 is 6.66. The molecule has 2 aromatic rings. The van der Waals surface area contributed by atoms with E-state index in [4.69, 9.17) is 9.47 Å². The Morgan fingerprint density at radius 2 is 1.21 bits per heavy atom. The van der Waals surface area contributed by atoms with Crippen molar-refractivity contribution in [1.29, 1.82) is 0 Å². The largest absolute Gasteiger partial charge is 0.461 e. The lowest BCUT2D eigenvalue weighted by Gasteiger charge is -2.38. The minimum absolute atomic E-state index is 0.177. The molecule has 0 aliphatic heterocycles. The number of carbonyl (C=O) groups is 2. The first kappa shape index (κ1) is 40.5. The molecule has 0 heterocycles. The number of hydrogen-bond donors (Lipinski definition) is 1. The molecule has 8 heteroatoms. The highest BCUT2D eigenvalue weighted by Gasteiger charge is 2.37. The van der Waals surface area contributed by atoms with Crippen molar-refractivity contribution in [1.82, 2.24) is 0 Å². The minimum atomic E-state index is -0.565. The molecule has 0 bridgehead atoms. The van der Waals surface area contributed by atoms with Crippen LogP contribution in [0.4, 0.5) is 0 Å². The lowest BCUT2D eigenvalue weighted by atomic mass is 9.73. The summed E-state index contributed by atoms with van der Waals surface area (Å²) in [6.07, 6.45) is -0.565. The lowest BCUT2D eigenvalue weighted by Crippen LogP contribution is -2.43. The summed E-state index contributed by atoms with van der Waals surface area (Å²) in [5, 5.41) is 10.3. The van der Waals surface area contributed by atoms with E-state index in [9.17, 15) is 14.7 Å². The smallest absolute Gasteiger partial charge is 0.338 e. The van der Waals surface area contributed by atoms with Gasteiger partial charge in [-0.15, -0.1) is 8.58 Å². The molecule has 236 valence electrons. The first-order valence-electron chi connectivity index (χ1n) is 14.0. The molecule has 0 fully saturated rings. The van der Waals surface area contributed by atoms with Crippen LogP contribution in [0.25, 0.3) is 0 Å². The van der Waals surface area contributed by atoms with Gasteiger partial charge in [-0.25, -0.2) is 9.59 Å². The number of hydrogen-bond acceptors (Lipinski definition) is 5. The third-order valence-electron chi connectivity index (χ3n) is 6.39. The molecule has 0 aliphatic carbocycles. The van der Waals surface area contributed by atoms with Crippen LogP contribution in [0.5, 0.6) is 0 Å². The van der Waals surface area contributed by atoms with Gasteiger partial charge < -0.3 is 14.6 Å². The van der Waals surface area contributed by atoms with Crippen LogP contribution in [0, 0.1) is 22.2 Å². The van der Waals surface area contributed by atoms with E-state index in [0.717, 1.165) is 23.1 Å². The SMILES string of the molecule is C=C(C(C)C)C(C)(C)COC(=O)c1cccc(Br)c1.CC(C)(C)C(O)C(C)(C)COC(=O)c1cccc(Br)c1.CPC. The molecule has 0 amide bonds. The summed E-state index contributed by atoms with van der Waals surface area (Å²) in [6, 6.07) is 14.3. The molecule has 0 spiro atoms. The fourth-order valence-electron chi connectivity index (χ4n) is 4.02. The quantitative estimate of drug-likeness (QED) is 0.158. The maximum Gasteiger partial charge on any atom is 0.338 e. The summed E-state index contributed by atoms with van der Waals surface area (Å²) < 4.78 is 12.4. The van der Waals surface area contributed by atoms with E-state index in [-0.39, 0.29) is 29.4 Å². The Bertz CT molecular complexity index is 1150. The second kappa shape index (κ2) is 18.3. The van der Waals surface area contributed by atoms with E-state index in [1.165, 1.54) is 0 Å². The van der Waals surface area contributed by atoms with Gasteiger partial charge in [0.05, 0.1) is 23.8 Å². The number of aliphatic hydroxyl groups excluding tert-OH is 1. The zero-order chi connectivity index (χ0) is 32.9. The molecule has 5 nitrogen and oxygen atoms in total. The molecule has 0 radical (unpaired) electrons. The number of ether oxygens (including phenoxy) is 2. The van der Waals surface area contributed by atoms with Gasteiger partial charge in [0.2, 0.25) is 0 Å². The van der Waals surface area contributed by atoms with Crippen LogP contribution in [-0.4, -0.2) is 49.7 Å². The minimum Gasteiger partial charge on any atom is -0.461 e. The Hall–Kier alpha value is -1.53. The van der Waals surface area contributed by atoms with Crippen molar-refractivity contribution in [3.05, 3.63) is 80.8 Å². The molecule has 1 atom stereocenters. The second-order valence-electron chi connectivity index (χ2n) is 13.0. The Balaban J connectivity index is 0.000000732. The second-order valence-corrected chi connectivity index (χ2v) is 15.8. The molecule has 2 rings (SSSR count). The standard InChI is InChI=1S/C16H23BrO3.C16H21BrO2.C2H7P/c1-15(2,3)14(19)16(4,5)10-20-13(18)11-7-6-8-12(17)9-11;1-11(2)12(3)16(4,5)10-19-15(18)13-7-6-8-14(17)9-13;1-3-2/h6-9,14,19H,10H2,1-5H3;6-9,11H,3,10H2,1-2,4-5H3;3H,1-2H3. The van der Waals surface area contributed by atoms with Gasteiger partial charge in [0.25, 0.3) is 0 Å². The number of esters is 2. The number of carbonyl (C=O) groups excluding carboxylic acids is 2. The van der Waals surface area contributed by atoms with Crippen molar-refractivity contribution in [2.45, 2.75) is 68.4 Å². The van der Waals surface area contributed by atoms with E-state index in [1.807, 2.05) is 66.7 Å². The Labute approximate surface area is 273 Å². The van der Waals surface area contributed by atoms with E-state index in [1.54, 1.807) is 30.3 Å². The van der Waals surface area contributed by atoms with Crippen molar-refractivity contribution in [2.75, 3.05) is 26.5 Å². The predicted octanol–water partition coefficient (Wildman–Crippen LogP) is 9.81. The van der Waals surface area contributed by atoms with Crippen LogP contribution in [-0.2, 0) is 9.47 Å². The predicted molar refractivity (Wildman–Crippen MR) is 186 cm³/mol. The summed E-state index contributed by atoms with van der Waals surface area (Å²) in [5.41, 5.74) is 1.18. The highest BCUT2D eigenvalue weighted by molar-refractivity contribution is 9.10. The van der Waals surface area contributed by atoms with Crippen LogP contribution < -0.4 is 0 Å². The van der Waals surface area contributed by atoms with E-state index in [2.05, 4.69) is 65.6 Å². The van der Waals surface area contributed by atoms with Crippen LogP contribution in [0.2, 0.25) is 0 Å². The molecule has 0 aromatic heterocycles. The van der Waals surface area contributed by atoms with Gasteiger partial charge in [0.1, 0.15) is 6.61 Å². The van der Waals surface area contributed by atoms with Crippen LogP contribution in [0.3, 0.4) is 0 Å². The fraction of sp³-hybridized carbons (Fsp3) is 0.529. The lowest BCUT2D eigenvalue weighted by molar-refractivity contribution is -0.0633. The van der Waals surface area contributed by atoms with E-state index < -0.39 is 11.5 Å². The molecule has 0 saturated heterocycles. The monoisotopic (exact) mass is 728 g/mol. The maximum absolute atomic E-state index is 12.0. The van der Waals surface area contributed by atoms with Crippen LogP contribution in [0.1, 0.15) is 83.0 Å². The number of rotatable bonds is 9. The van der Waals surface area contributed by atoms with Crippen LogP contribution >= 0.6 is 40.4 Å². The van der Waals surface area contributed by atoms with Crippen molar-refractivity contribution in [3.8, 4) is 0 Å². The molecular formula is C34H51Br2O5P. The topological polar surface area (TPSA) is 72.8 Å². The van der Waals surface area contributed by atoms with Crippen molar-refractivity contribution in [2.24, 2.45) is 22.2 Å². The first-order valence-corrected chi connectivity index (χ1v) is 17.6. The summed E-state index contributed by atoms with van der Waals surface area (Å²) in [4.78, 5) is 24.0. The summed E-state index contributed by atoms with van der Waals surface area (Å²) in [5.74, 6) is -0.300. The van der Waals surface area contributed by atoms with Gasteiger partial charge in [-0.1, -0.05) is 118 Å². The Kier molecular flexibility index (Phi) is 17.7.